The fraction of sp³-hybridized carbons (Fsp3) is 0.136. The topological polar surface area (TPSA) is 44.9 Å². The summed E-state index contributed by atoms with van der Waals surface area (Å²) in [4.78, 5) is 4.82. The van der Waals surface area contributed by atoms with Gasteiger partial charge in [0.1, 0.15) is 5.82 Å². The van der Waals surface area contributed by atoms with Gasteiger partial charge in [-0.25, -0.2) is 4.98 Å². The van der Waals surface area contributed by atoms with Crippen molar-refractivity contribution < 1.29 is 25.8 Å². The maximum atomic E-state index is 6.54. The predicted octanol–water partition coefficient (Wildman–Crippen LogP) is 10.6. The maximum Gasteiger partial charge on any atom is 2.00 e. The summed E-state index contributed by atoms with van der Waals surface area (Å²) in [7, 11) is 0. The second-order valence-electron chi connectivity index (χ2n) is 12.9. The van der Waals surface area contributed by atoms with Gasteiger partial charge in [-0.1, -0.05) is 78.7 Å². The number of ether oxygens (including phenoxy) is 1. The summed E-state index contributed by atoms with van der Waals surface area (Å²) in [5.41, 5.74) is 14.4. The van der Waals surface area contributed by atoms with Crippen LogP contribution in [0.25, 0.3) is 55.6 Å². The third-order valence-corrected chi connectivity index (χ3v) is 9.28. The molecule has 0 bridgehead atoms. The molecule has 3 aromatic heterocycles. The van der Waals surface area contributed by atoms with Gasteiger partial charge in [0.05, 0.1) is 5.69 Å². The van der Waals surface area contributed by atoms with Crippen molar-refractivity contribution in [1.82, 2.24) is 19.3 Å². The van der Waals surface area contributed by atoms with E-state index in [2.05, 4.69) is 137 Å². The summed E-state index contributed by atoms with van der Waals surface area (Å²) in [6.07, 6.45) is 1.87. The summed E-state index contributed by atoms with van der Waals surface area (Å²) in [5, 5.41) is 7.22. The normalized spacial score (nSPS) is 11.0. The Balaban J connectivity index is 0.00000224. The van der Waals surface area contributed by atoms with Crippen LogP contribution in [0.2, 0.25) is 0 Å². The average Bonchev–Trinajstić information content (AvgIpc) is 3.57. The van der Waals surface area contributed by atoms with E-state index in [-0.39, 0.29) is 29.5 Å². The van der Waals surface area contributed by atoms with Crippen molar-refractivity contribution >= 4 is 30.2 Å². The van der Waals surface area contributed by atoms with Crippen LogP contribution in [-0.4, -0.2) is 27.7 Å². The number of fused-ring (bicyclic) bond motifs is 3. The Hall–Kier alpha value is -5.19. The Morgan fingerprint density at radius 3 is 2.10 bits per heavy atom. The largest absolute Gasteiger partial charge is 2.00 e. The van der Waals surface area contributed by atoms with Crippen LogP contribution in [0.15, 0.2) is 109 Å². The van der Waals surface area contributed by atoms with Crippen molar-refractivity contribution in [3.8, 4) is 45.3 Å². The average molecular weight is 843 g/mol. The molecule has 7 heteroatoms. The molecule has 8 rings (SSSR count). The standard InChI is InChI=1S/C44H36N4O.B.Pt/c1-27-20-29(3)43(30(4)21-27)44-31(5)46-48(32(44)6)35-22-28(2)23-37(25-35)49-36-16-17-39-38-14-10-11-15-40(38)47(41(39)26-36)42-24-34(18-19-45-42)33-12-8-7-9-13-33;;/h7-24H,1-6H3;;/q-2;;+2. The van der Waals surface area contributed by atoms with E-state index in [1.54, 1.807) is 0 Å². The molecule has 0 aliphatic carbocycles. The third kappa shape index (κ3) is 6.45. The molecular weight excluding hydrogens is 806 g/mol. The van der Waals surface area contributed by atoms with Crippen LogP contribution in [0.3, 0.4) is 0 Å². The van der Waals surface area contributed by atoms with E-state index in [4.69, 9.17) is 14.8 Å². The van der Waals surface area contributed by atoms with Gasteiger partial charge in [-0.3, -0.25) is 4.68 Å². The number of hydrogen-bond acceptors (Lipinski definition) is 3. The fourth-order valence-corrected chi connectivity index (χ4v) is 7.29. The number of aromatic nitrogens is 4. The zero-order valence-corrected chi connectivity index (χ0v) is 31.8. The quantitative estimate of drug-likeness (QED) is 0.124. The van der Waals surface area contributed by atoms with Gasteiger partial charge in [0.15, 0.2) is 0 Å². The SMILES string of the molecule is Cc1cc(Oc2[c-]c3c(cc2)c2ccccc2n3-c2cc(-c3ccccc3)ccn2)[c-]c(-n2nc(C)c(-c3c(C)cc(C)cc3C)c2C)c1.[B].[Pt+2]. The van der Waals surface area contributed by atoms with Gasteiger partial charge < -0.3 is 9.30 Å². The molecule has 3 heterocycles. The van der Waals surface area contributed by atoms with E-state index in [9.17, 15) is 0 Å². The molecule has 5 aromatic carbocycles. The van der Waals surface area contributed by atoms with E-state index in [0.717, 1.165) is 61.4 Å². The van der Waals surface area contributed by atoms with E-state index < -0.39 is 0 Å². The minimum Gasteiger partial charge on any atom is -0.509 e. The van der Waals surface area contributed by atoms with Crippen LogP contribution < -0.4 is 4.74 Å². The van der Waals surface area contributed by atoms with Crippen LogP contribution in [0.4, 0.5) is 0 Å². The molecule has 3 radical (unpaired) electrons. The number of hydrogen-bond donors (Lipinski definition) is 0. The first-order chi connectivity index (χ1) is 23.7. The number of pyridine rings is 1. The second kappa shape index (κ2) is 14.2. The number of nitrogens with zero attached hydrogens (tertiary/aromatic N) is 4. The van der Waals surface area contributed by atoms with Crippen LogP contribution in [0, 0.1) is 53.7 Å². The molecule has 251 valence electrons. The smallest absolute Gasteiger partial charge is 0.509 e. The van der Waals surface area contributed by atoms with Crippen molar-refractivity contribution in [3.05, 3.63) is 155 Å². The summed E-state index contributed by atoms with van der Waals surface area (Å²) in [5.74, 6) is 2.03. The van der Waals surface area contributed by atoms with Crippen molar-refractivity contribution in [3.63, 3.8) is 0 Å². The molecule has 0 saturated carbocycles. The molecule has 0 saturated heterocycles. The summed E-state index contributed by atoms with van der Waals surface area (Å²) in [6, 6.07) is 42.7. The first-order valence-electron chi connectivity index (χ1n) is 16.6. The maximum absolute atomic E-state index is 6.54. The molecule has 0 fully saturated rings. The summed E-state index contributed by atoms with van der Waals surface area (Å²) >= 11 is 0. The van der Waals surface area contributed by atoms with E-state index in [0.29, 0.717) is 11.5 Å². The molecule has 0 unspecified atom stereocenters. The van der Waals surface area contributed by atoms with Crippen LogP contribution >= 0.6 is 0 Å². The van der Waals surface area contributed by atoms with Crippen LogP contribution in [-0.2, 0) is 21.1 Å². The number of aryl methyl sites for hydroxylation is 5. The van der Waals surface area contributed by atoms with Crippen molar-refractivity contribution in [2.75, 3.05) is 0 Å². The van der Waals surface area contributed by atoms with Gasteiger partial charge in [0.2, 0.25) is 0 Å². The van der Waals surface area contributed by atoms with E-state index in [1.807, 2.05) is 35.1 Å². The van der Waals surface area contributed by atoms with E-state index >= 15 is 0 Å². The molecule has 0 aliphatic heterocycles. The number of para-hydroxylation sites is 1. The Morgan fingerprint density at radius 2 is 1.33 bits per heavy atom. The van der Waals surface area contributed by atoms with Crippen molar-refractivity contribution in [2.24, 2.45) is 0 Å². The van der Waals surface area contributed by atoms with Crippen molar-refractivity contribution in [2.45, 2.75) is 41.5 Å². The van der Waals surface area contributed by atoms with Gasteiger partial charge in [0.25, 0.3) is 0 Å². The molecule has 0 spiro atoms. The molecular formula is C44H36BN4OPt. The third-order valence-electron chi connectivity index (χ3n) is 9.28. The molecule has 0 amide bonds. The van der Waals surface area contributed by atoms with E-state index in [1.165, 1.54) is 27.8 Å². The van der Waals surface area contributed by atoms with Gasteiger partial charge in [-0.2, -0.15) is 16.7 Å². The zero-order valence-electron chi connectivity index (χ0n) is 29.5. The zero-order chi connectivity index (χ0) is 33.8. The minimum atomic E-state index is 0. The first-order valence-corrected chi connectivity index (χ1v) is 16.6. The molecule has 0 atom stereocenters. The molecule has 8 aromatic rings. The van der Waals surface area contributed by atoms with Crippen LogP contribution in [0.1, 0.15) is 33.6 Å². The Morgan fingerprint density at radius 1 is 0.627 bits per heavy atom. The first kappa shape index (κ1) is 35.6. The monoisotopic (exact) mass is 842 g/mol. The van der Waals surface area contributed by atoms with Crippen LogP contribution in [0.5, 0.6) is 11.5 Å². The minimum absolute atomic E-state index is 0. The second-order valence-corrected chi connectivity index (χ2v) is 12.9. The van der Waals surface area contributed by atoms with Gasteiger partial charge in [-0.05, 0) is 91.7 Å². The van der Waals surface area contributed by atoms with Gasteiger partial charge in [-0.15, -0.1) is 35.7 Å². The molecule has 51 heavy (non-hydrogen) atoms. The fourth-order valence-electron chi connectivity index (χ4n) is 7.29. The van der Waals surface area contributed by atoms with Gasteiger partial charge >= 0.3 is 21.1 Å². The van der Waals surface area contributed by atoms with Gasteiger partial charge in [0, 0.05) is 42.9 Å². The Kier molecular flexibility index (Phi) is 9.93. The molecule has 0 N–H and O–H groups in total. The summed E-state index contributed by atoms with van der Waals surface area (Å²) < 4.78 is 10.7. The Labute approximate surface area is 315 Å². The van der Waals surface area contributed by atoms with Crippen molar-refractivity contribution in [1.29, 1.82) is 0 Å². The Bertz CT molecular complexity index is 2530. The summed E-state index contributed by atoms with van der Waals surface area (Å²) in [6.45, 7) is 12.8. The number of rotatable bonds is 6. The molecule has 5 nitrogen and oxygen atoms in total. The molecule has 0 aliphatic rings. The number of benzene rings is 5. The predicted molar refractivity (Wildman–Crippen MR) is 205 cm³/mol.